The maximum Gasteiger partial charge on any atom is 0.246 e. The maximum absolute atomic E-state index is 11.6. The van der Waals surface area contributed by atoms with E-state index in [0.717, 1.165) is 47.7 Å². The van der Waals surface area contributed by atoms with E-state index in [4.69, 9.17) is 9.47 Å². The Hall–Kier alpha value is -2.19. The summed E-state index contributed by atoms with van der Waals surface area (Å²) in [5.74, 6) is 1.60. The Morgan fingerprint density at radius 2 is 2.17 bits per heavy atom. The maximum atomic E-state index is 11.6. The fraction of sp³-hybridized carbons (Fsp3) is 0.375. The van der Waals surface area contributed by atoms with Crippen LogP contribution < -0.4 is 9.47 Å². The zero-order valence-corrected chi connectivity index (χ0v) is 14.0. The third kappa shape index (κ3) is 2.83. The van der Waals surface area contributed by atoms with Crippen molar-refractivity contribution >= 4 is 9.84 Å². The smallest absolute Gasteiger partial charge is 0.246 e. The van der Waals surface area contributed by atoms with Crippen molar-refractivity contribution in [3.05, 3.63) is 41.2 Å². The van der Waals surface area contributed by atoms with Gasteiger partial charge in [-0.2, -0.15) is 0 Å². The van der Waals surface area contributed by atoms with Gasteiger partial charge in [-0.1, -0.05) is 12.1 Å². The summed E-state index contributed by atoms with van der Waals surface area (Å²) in [6, 6.07) is 5.90. The molecule has 2 aliphatic rings. The van der Waals surface area contributed by atoms with Crippen LogP contribution in [0.25, 0.3) is 0 Å². The van der Waals surface area contributed by atoms with Gasteiger partial charge in [0.05, 0.1) is 5.69 Å². The van der Waals surface area contributed by atoms with E-state index in [1.807, 2.05) is 18.2 Å². The molecule has 126 valence electrons. The molecule has 0 saturated heterocycles. The zero-order valence-electron chi connectivity index (χ0n) is 13.2. The molecule has 0 saturated carbocycles. The standard InChI is InChI=1S/C16H17N3O4S/c1-24(20,21)16-17-7-12-9-19(6-5-13(12)18-16)8-11-3-2-4-14-15(11)23-10-22-14/h2-4,7H,5-6,8-10H2,1H3. The van der Waals surface area contributed by atoms with E-state index in [1.165, 1.54) is 0 Å². The van der Waals surface area contributed by atoms with Crippen molar-refractivity contribution in [1.29, 1.82) is 0 Å². The number of rotatable bonds is 3. The topological polar surface area (TPSA) is 81.6 Å². The molecule has 0 spiro atoms. The zero-order chi connectivity index (χ0) is 16.7. The molecule has 0 fully saturated rings. The quantitative estimate of drug-likeness (QED) is 0.771. The lowest BCUT2D eigenvalue weighted by atomic mass is 10.1. The Kier molecular flexibility index (Phi) is 3.65. The van der Waals surface area contributed by atoms with Crippen LogP contribution in [0.15, 0.2) is 29.6 Å². The average Bonchev–Trinajstić information content (AvgIpc) is 3.03. The molecule has 4 rings (SSSR count). The molecule has 0 radical (unpaired) electrons. The van der Waals surface area contributed by atoms with Crippen molar-refractivity contribution in [2.75, 3.05) is 19.6 Å². The van der Waals surface area contributed by atoms with Gasteiger partial charge in [-0.3, -0.25) is 4.90 Å². The summed E-state index contributed by atoms with van der Waals surface area (Å²) in [5.41, 5.74) is 2.88. The molecule has 0 amide bonds. The Morgan fingerprint density at radius 1 is 1.29 bits per heavy atom. The molecule has 24 heavy (non-hydrogen) atoms. The fourth-order valence-corrected chi connectivity index (χ4v) is 3.55. The first-order valence-corrected chi connectivity index (χ1v) is 9.54. The van der Waals surface area contributed by atoms with E-state index in [1.54, 1.807) is 6.20 Å². The molecule has 0 N–H and O–H groups in total. The number of benzene rings is 1. The van der Waals surface area contributed by atoms with Gasteiger partial charge >= 0.3 is 0 Å². The van der Waals surface area contributed by atoms with Gasteiger partial charge in [0.2, 0.25) is 21.8 Å². The minimum Gasteiger partial charge on any atom is -0.454 e. The Balaban J connectivity index is 1.54. The molecule has 7 nitrogen and oxygen atoms in total. The second-order valence-electron chi connectivity index (χ2n) is 6.01. The van der Waals surface area contributed by atoms with Crippen LogP contribution in [-0.2, 0) is 29.3 Å². The van der Waals surface area contributed by atoms with E-state index in [9.17, 15) is 8.42 Å². The highest BCUT2D eigenvalue weighted by Crippen LogP contribution is 2.36. The van der Waals surface area contributed by atoms with E-state index in [-0.39, 0.29) is 11.9 Å². The number of aromatic nitrogens is 2. The van der Waals surface area contributed by atoms with E-state index >= 15 is 0 Å². The second kappa shape index (κ2) is 5.71. The van der Waals surface area contributed by atoms with Gasteiger partial charge in [-0.15, -0.1) is 0 Å². The molecular formula is C16H17N3O4S. The summed E-state index contributed by atoms with van der Waals surface area (Å²) < 4.78 is 34.1. The molecule has 0 bridgehead atoms. The first-order valence-electron chi connectivity index (χ1n) is 7.65. The van der Waals surface area contributed by atoms with E-state index in [0.29, 0.717) is 13.0 Å². The van der Waals surface area contributed by atoms with Crippen LogP contribution in [0.3, 0.4) is 0 Å². The highest BCUT2D eigenvalue weighted by Gasteiger charge is 2.23. The lowest BCUT2D eigenvalue weighted by Crippen LogP contribution is -2.31. The summed E-state index contributed by atoms with van der Waals surface area (Å²) in [5, 5.41) is -0.0962. The number of sulfone groups is 1. The summed E-state index contributed by atoms with van der Waals surface area (Å²) in [6.45, 7) is 2.48. The van der Waals surface area contributed by atoms with Gasteiger partial charge in [0.25, 0.3) is 0 Å². The molecular weight excluding hydrogens is 330 g/mol. The Morgan fingerprint density at radius 3 is 3.00 bits per heavy atom. The monoisotopic (exact) mass is 347 g/mol. The van der Waals surface area contributed by atoms with E-state index < -0.39 is 9.84 Å². The molecule has 1 aromatic carbocycles. The lowest BCUT2D eigenvalue weighted by molar-refractivity contribution is 0.171. The molecule has 8 heteroatoms. The van der Waals surface area contributed by atoms with Crippen LogP contribution in [0.5, 0.6) is 11.5 Å². The Bertz CT molecular complexity index is 898. The molecule has 0 unspecified atom stereocenters. The normalized spacial score (nSPS) is 16.9. The van der Waals surface area contributed by atoms with Crippen molar-refractivity contribution in [3.63, 3.8) is 0 Å². The van der Waals surface area contributed by atoms with Crippen molar-refractivity contribution in [2.45, 2.75) is 24.7 Å². The lowest BCUT2D eigenvalue weighted by Gasteiger charge is -2.28. The van der Waals surface area contributed by atoms with Crippen LogP contribution in [0.2, 0.25) is 0 Å². The number of hydrogen-bond donors (Lipinski definition) is 0. The van der Waals surface area contributed by atoms with Gasteiger partial charge < -0.3 is 9.47 Å². The fourth-order valence-electron chi connectivity index (χ4n) is 3.03. The van der Waals surface area contributed by atoms with Crippen LogP contribution in [0.1, 0.15) is 16.8 Å². The summed E-state index contributed by atoms with van der Waals surface area (Å²) in [7, 11) is -3.37. The highest BCUT2D eigenvalue weighted by atomic mass is 32.2. The van der Waals surface area contributed by atoms with Crippen LogP contribution in [-0.4, -0.2) is 42.9 Å². The summed E-state index contributed by atoms with van der Waals surface area (Å²) in [4.78, 5) is 10.5. The van der Waals surface area contributed by atoms with Gasteiger partial charge in [0, 0.05) is 49.6 Å². The minimum atomic E-state index is -3.37. The van der Waals surface area contributed by atoms with Gasteiger partial charge in [-0.25, -0.2) is 18.4 Å². The molecule has 2 aliphatic heterocycles. The average molecular weight is 347 g/mol. The van der Waals surface area contributed by atoms with Crippen molar-refractivity contribution < 1.29 is 17.9 Å². The van der Waals surface area contributed by atoms with Crippen molar-refractivity contribution in [3.8, 4) is 11.5 Å². The first kappa shape index (κ1) is 15.3. The Labute approximate surface area is 140 Å². The third-order valence-electron chi connectivity index (χ3n) is 4.19. The molecule has 0 atom stereocenters. The number of fused-ring (bicyclic) bond motifs is 2. The third-order valence-corrected chi connectivity index (χ3v) is 5.05. The molecule has 2 aromatic rings. The van der Waals surface area contributed by atoms with Gasteiger partial charge in [0.1, 0.15) is 0 Å². The SMILES string of the molecule is CS(=O)(=O)c1ncc2c(n1)CCN(Cc1cccc3c1OCO3)C2. The van der Waals surface area contributed by atoms with Crippen molar-refractivity contribution in [2.24, 2.45) is 0 Å². The van der Waals surface area contributed by atoms with E-state index in [2.05, 4.69) is 14.9 Å². The summed E-state index contributed by atoms with van der Waals surface area (Å²) >= 11 is 0. The van der Waals surface area contributed by atoms with Gasteiger partial charge in [-0.05, 0) is 6.07 Å². The molecule has 1 aromatic heterocycles. The van der Waals surface area contributed by atoms with Gasteiger partial charge in [0.15, 0.2) is 11.5 Å². The number of para-hydroxylation sites is 1. The van der Waals surface area contributed by atoms with Crippen LogP contribution >= 0.6 is 0 Å². The first-order chi connectivity index (χ1) is 11.5. The number of nitrogens with zero attached hydrogens (tertiary/aromatic N) is 3. The highest BCUT2D eigenvalue weighted by molar-refractivity contribution is 7.90. The van der Waals surface area contributed by atoms with Crippen LogP contribution in [0.4, 0.5) is 0 Å². The summed E-state index contributed by atoms with van der Waals surface area (Å²) in [6.07, 6.45) is 3.45. The van der Waals surface area contributed by atoms with Crippen molar-refractivity contribution in [1.82, 2.24) is 14.9 Å². The predicted molar refractivity (Wildman–Crippen MR) is 85.5 cm³/mol. The number of hydrogen-bond acceptors (Lipinski definition) is 7. The molecule has 0 aliphatic carbocycles. The van der Waals surface area contributed by atoms with Crippen LogP contribution in [0, 0.1) is 0 Å². The second-order valence-corrected chi connectivity index (χ2v) is 7.92. The largest absolute Gasteiger partial charge is 0.454 e. The minimum absolute atomic E-state index is 0.0962. The predicted octanol–water partition coefficient (Wildman–Crippen LogP) is 1.17. The molecule has 3 heterocycles. The number of ether oxygens (including phenoxy) is 2.